The lowest BCUT2D eigenvalue weighted by atomic mass is 9.98. The molecule has 0 N–H and O–H groups in total. The van der Waals surface area contributed by atoms with Crippen LogP contribution >= 0.6 is 0 Å². The highest BCUT2D eigenvalue weighted by Crippen LogP contribution is 2.48. The molecule has 2 aromatic heterocycles. The van der Waals surface area contributed by atoms with Gasteiger partial charge in [0.15, 0.2) is 0 Å². The Balaban J connectivity index is 0.00000360. The summed E-state index contributed by atoms with van der Waals surface area (Å²) < 4.78 is 13.3. The Morgan fingerprint density at radius 2 is 0.788 bits per heavy atom. The lowest BCUT2D eigenvalue weighted by Gasteiger charge is -2.27. The van der Waals surface area contributed by atoms with E-state index < -0.39 is 0 Å². The average Bonchev–Trinajstić information content (AvgIpc) is 3.79. The van der Waals surface area contributed by atoms with Gasteiger partial charge in [-0.05, 0) is 70.8 Å². The van der Waals surface area contributed by atoms with Crippen LogP contribution in [0.5, 0.6) is 0 Å². The molecule has 3 nitrogen and oxygen atoms in total. The first-order chi connectivity index (χ1) is 25.3. The maximum atomic E-state index is 6.81. The molecule has 10 rings (SSSR count). The second-order valence-electron chi connectivity index (χ2n) is 12.9. The summed E-state index contributed by atoms with van der Waals surface area (Å²) in [4.78, 5) is 2.35. The maximum Gasteiger partial charge on any atom is 0.145 e. The van der Waals surface area contributed by atoms with E-state index in [0.717, 1.165) is 72.1 Å². The zero-order valence-electron chi connectivity index (χ0n) is 27.7. The number of nitrogens with zero attached hydrogens (tertiary/aromatic N) is 1. The molecule has 2 heterocycles. The summed E-state index contributed by atoms with van der Waals surface area (Å²) in [7, 11) is 0. The molecule has 0 atom stereocenters. The minimum atomic E-state index is 0. The van der Waals surface area contributed by atoms with Crippen LogP contribution in [0.25, 0.3) is 77.3 Å². The Labute approximate surface area is 302 Å². The number of anilines is 3. The SMILES string of the molecule is C.c1ccc(-c2ccc(N(c3ccc(-c4ccccc4)cc3)c3ccc(-c4cccc5c4oc4ccccc45)c4oc5ccccc5c34)cc2)cc1. The minimum Gasteiger partial charge on any atom is -0.455 e. The summed E-state index contributed by atoms with van der Waals surface area (Å²) in [6.45, 7) is 0. The summed E-state index contributed by atoms with van der Waals surface area (Å²) >= 11 is 0. The van der Waals surface area contributed by atoms with Crippen molar-refractivity contribution in [3.05, 3.63) is 188 Å². The van der Waals surface area contributed by atoms with Gasteiger partial charge in [-0.2, -0.15) is 0 Å². The number of benzene rings is 8. The van der Waals surface area contributed by atoms with E-state index in [9.17, 15) is 0 Å². The molecule has 52 heavy (non-hydrogen) atoms. The van der Waals surface area contributed by atoms with Crippen molar-refractivity contribution in [2.45, 2.75) is 7.43 Å². The molecule has 0 radical (unpaired) electrons. The van der Waals surface area contributed by atoms with Crippen molar-refractivity contribution in [1.82, 2.24) is 0 Å². The average molecular weight is 670 g/mol. The molecule has 0 bridgehead atoms. The number of rotatable bonds is 6. The minimum absolute atomic E-state index is 0. The van der Waals surface area contributed by atoms with Crippen LogP contribution in [0, 0.1) is 0 Å². The van der Waals surface area contributed by atoms with Gasteiger partial charge in [-0.1, -0.05) is 147 Å². The lowest BCUT2D eigenvalue weighted by molar-refractivity contribution is 0.665. The fourth-order valence-corrected chi connectivity index (χ4v) is 7.46. The molecule has 0 fully saturated rings. The van der Waals surface area contributed by atoms with Crippen molar-refractivity contribution in [2.24, 2.45) is 0 Å². The van der Waals surface area contributed by atoms with Gasteiger partial charge >= 0.3 is 0 Å². The zero-order chi connectivity index (χ0) is 33.7. The van der Waals surface area contributed by atoms with Crippen molar-refractivity contribution in [3.8, 4) is 33.4 Å². The third-order valence-corrected chi connectivity index (χ3v) is 9.90. The van der Waals surface area contributed by atoms with Crippen molar-refractivity contribution >= 4 is 60.9 Å². The van der Waals surface area contributed by atoms with Crippen LogP contribution in [0.3, 0.4) is 0 Å². The molecule has 3 heteroatoms. The maximum absolute atomic E-state index is 6.81. The number of furan rings is 2. The van der Waals surface area contributed by atoms with Gasteiger partial charge in [0.2, 0.25) is 0 Å². The summed E-state index contributed by atoms with van der Waals surface area (Å²) in [5.41, 5.74) is 13.3. The predicted octanol–water partition coefficient (Wildman–Crippen LogP) is 14.6. The van der Waals surface area contributed by atoms with Crippen LogP contribution in [-0.2, 0) is 0 Å². The molecule has 10 aromatic rings. The van der Waals surface area contributed by atoms with Crippen molar-refractivity contribution in [3.63, 3.8) is 0 Å². The monoisotopic (exact) mass is 669 g/mol. The number of fused-ring (bicyclic) bond motifs is 6. The highest BCUT2D eigenvalue weighted by Gasteiger charge is 2.24. The summed E-state index contributed by atoms with van der Waals surface area (Å²) in [5.74, 6) is 0. The zero-order valence-corrected chi connectivity index (χ0v) is 27.7. The van der Waals surface area contributed by atoms with Crippen molar-refractivity contribution in [2.75, 3.05) is 4.90 Å². The van der Waals surface area contributed by atoms with Gasteiger partial charge in [0.1, 0.15) is 22.3 Å². The molecule has 0 unspecified atom stereocenters. The van der Waals surface area contributed by atoms with E-state index in [4.69, 9.17) is 8.83 Å². The lowest BCUT2D eigenvalue weighted by Crippen LogP contribution is -2.10. The molecule has 248 valence electrons. The van der Waals surface area contributed by atoms with Crippen LogP contribution in [0.1, 0.15) is 7.43 Å². The fourth-order valence-electron chi connectivity index (χ4n) is 7.46. The van der Waals surface area contributed by atoms with Gasteiger partial charge in [-0.25, -0.2) is 0 Å². The van der Waals surface area contributed by atoms with E-state index in [-0.39, 0.29) is 7.43 Å². The smallest absolute Gasteiger partial charge is 0.145 e. The van der Waals surface area contributed by atoms with Crippen LogP contribution < -0.4 is 4.90 Å². The molecule has 0 aliphatic rings. The first-order valence-electron chi connectivity index (χ1n) is 17.3. The van der Waals surface area contributed by atoms with E-state index in [0.29, 0.717) is 0 Å². The van der Waals surface area contributed by atoms with E-state index in [1.807, 2.05) is 18.2 Å². The second-order valence-corrected chi connectivity index (χ2v) is 12.9. The van der Waals surface area contributed by atoms with Gasteiger partial charge in [0.05, 0.1) is 11.1 Å². The number of hydrogen-bond donors (Lipinski definition) is 0. The van der Waals surface area contributed by atoms with Gasteiger partial charge < -0.3 is 13.7 Å². The highest BCUT2D eigenvalue weighted by molar-refractivity contribution is 6.19. The molecular weight excluding hydrogens is 635 g/mol. The van der Waals surface area contributed by atoms with Crippen LogP contribution in [0.4, 0.5) is 17.1 Å². The standard InChI is InChI=1S/C48H31NO2.CH4/c1-3-12-32(13-4-1)34-22-26-36(27-23-34)49(37-28-24-35(25-29-37)33-14-5-2-6-15-33)43-31-30-41(48-46(43)42-17-8-10-21-45(42)51-48)40-19-11-18-39-38-16-7-9-20-44(38)50-47(39)40;/h1-31H;1H4. The van der Waals surface area contributed by atoms with Crippen molar-refractivity contribution in [1.29, 1.82) is 0 Å². The highest BCUT2D eigenvalue weighted by atomic mass is 16.3. The Morgan fingerprint density at radius 1 is 0.327 bits per heavy atom. The molecular formula is C49H35NO2. The summed E-state index contributed by atoms with van der Waals surface area (Å²) in [6, 6.07) is 66.1. The van der Waals surface area contributed by atoms with Crippen LogP contribution in [0.2, 0.25) is 0 Å². The third kappa shape index (κ3) is 5.14. The molecule has 0 amide bonds. The van der Waals surface area contributed by atoms with E-state index in [1.165, 1.54) is 22.3 Å². The molecule has 0 aliphatic heterocycles. The molecule has 0 saturated heterocycles. The second kappa shape index (κ2) is 12.8. The van der Waals surface area contributed by atoms with Gasteiger partial charge in [-0.3, -0.25) is 0 Å². The van der Waals surface area contributed by atoms with Crippen LogP contribution in [0.15, 0.2) is 197 Å². The summed E-state index contributed by atoms with van der Waals surface area (Å²) in [5, 5.41) is 4.31. The topological polar surface area (TPSA) is 29.5 Å². The molecule has 0 spiro atoms. The van der Waals surface area contributed by atoms with Gasteiger partial charge in [0, 0.05) is 38.7 Å². The van der Waals surface area contributed by atoms with E-state index in [2.05, 4.69) is 175 Å². The molecule has 0 aliphatic carbocycles. The first-order valence-corrected chi connectivity index (χ1v) is 17.3. The van der Waals surface area contributed by atoms with Gasteiger partial charge in [0.25, 0.3) is 0 Å². The Hall–Kier alpha value is -6.84. The third-order valence-electron chi connectivity index (χ3n) is 9.90. The fraction of sp³-hybridized carbons (Fsp3) is 0.0204. The Kier molecular flexibility index (Phi) is 7.67. The molecule has 8 aromatic carbocycles. The number of hydrogen-bond acceptors (Lipinski definition) is 3. The largest absolute Gasteiger partial charge is 0.455 e. The molecule has 0 saturated carbocycles. The first kappa shape index (κ1) is 31.2. The predicted molar refractivity (Wildman–Crippen MR) is 219 cm³/mol. The Morgan fingerprint density at radius 3 is 1.40 bits per heavy atom. The van der Waals surface area contributed by atoms with Crippen molar-refractivity contribution < 1.29 is 8.83 Å². The van der Waals surface area contributed by atoms with Gasteiger partial charge in [-0.15, -0.1) is 0 Å². The van der Waals surface area contributed by atoms with E-state index >= 15 is 0 Å². The van der Waals surface area contributed by atoms with E-state index in [1.54, 1.807) is 0 Å². The summed E-state index contributed by atoms with van der Waals surface area (Å²) in [6.07, 6.45) is 0. The quantitative estimate of drug-likeness (QED) is 0.176. The Bertz CT molecular complexity index is 2750. The van der Waals surface area contributed by atoms with Crippen LogP contribution in [-0.4, -0.2) is 0 Å². The number of para-hydroxylation sites is 3. The normalized spacial score (nSPS) is 11.3.